The minimum absolute atomic E-state index is 0.00867. The van der Waals surface area contributed by atoms with Gasteiger partial charge in [0.15, 0.2) is 14.4 Å². The SMILES string of the molecule is COC(=O)[C@H](CO[Si](C)(C)C)NC(=O)OCC(Cl)(Cl)Cl. The molecule has 0 radical (unpaired) electrons. The maximum atomic E-state index is 11.5. The quantitative estimate of drug-likeness (QED) is 0.444. The van der Waals surface area contributed by atoms with Gasteiger partial charge in [-0.1, -0.05) is 34.8 Å². The van der Waals surface area contributed by atoms with Gasteiger partial charge in [0.25, 0.3) is 0 Å². The molecule has 0 aromatic heterocycles. The number of alkyl carbamates (subject to hydrolysis) is 1. The van der Waals surface area contributed by atoms with Crippen LogP contribution in [0, 0.1) is 0 Å². The fourth-order valence-electron chi connectivity index (χ4n) is 0.976. The van der Waals surface area contributed by atoms with Crippen molar-refractivity contribution in [2.45, 2.75) is 29.5 Å². The number of hydrogen-bond acceptors (Lipinski definition) is 5. The molecule has 0 bridgehead atoms. The maximum Gasteiger partial charge on any atom is 0.408 e. The van der Waals surface area contributed by atoms with E-state index in [-0.39, 0.29) is 6.61 Å². The molecule has 0 aliphatic heterocycles. The van der Waals surface area contributed by atoms with Crippen LogP contribution in [0.15, 0.2) is 0 Å². The highest BCUT2D eigenvalue weighted by Gasteiger charge is 2.27. The second kappa shape index (κ2) is 8.28. The zero-order valence-electron chi connectivity index (χ0n) is 11.7. The van der Waals surface area contributed by atoms with E-state index < -0.39 is 36.8 Å². The summed E-state index contributed by atoms with van der Waals surface area (Å²) in [4.78, 5) is 23.0. The minimum Gasteiger partial charge on any atom is -0.467 e. The molecule has 118 valence electrons. The number of carbonyl (C=O) groups is 2. The molecule has 0 fully saturated rings. The fraction of sp³-hybridized carbons (Fsp3) is 0.800. The highest BCUT2D eigenvalue weighted by atomic mass is 35.6. The summed E-state index contributed by atoms with van der Waals surface area (Å²) in [5.41, 5.74) is 0. The number of nitrogens with one attached hydrogen (secondary N) is 1. The van der Waals surface area contributed by atoms with Gasteiger partial charge in [-0.2, -0.15) is 0 Å². The van der Waals surface area contributed by atoms with Crippen molar-refractivity contribution in [3.05, 3.63) is 0 Å². The average Bonchev–Trinajstić information content (AvgIpc) is 2.28. The van der Waals surface area contributed by atoms with Crippen LogP contribution in [0.25, 0.3) is 0 Å². The molecule has 6 nitrogen and oxygen atoms in total. The van der Waals surface area contributed by atoms with Gasteiger partial charge in [-0.25, -0.2) is 9.59 Å². The van der Waals surface area contributed by atoms with Gasteiger partial charge in [-0.3, -0.25) is 0 Å². The van der Waals surface area contributed by atoms with Crippen LogP contribution in [-0.2, 0) is 18.7 Å². The molecule has 1 amide bonds. The lowest BCUT2D eigenvalue weighted by Gasteiger charge is -2.22. The van der Waals surface area contributed by atoms with Crippen molar-refractivity contribution in [3.63, 3.8) is 0 Å². The van der Waals surface area contributed by atoms with Gasteiger partial charge < -0.3 is 19.2 Å². The van der Waals surface area contributed by atoms with E-state index in [0.717, 1.165) is 0 Å². The van der Waals surface area contributed by atoms with E-state index in [1.807, 2.05) is 19.6 Å². The first-order chi connectivity index (χ1) is 8.94. The van der Waals surface area contributed by atoms with Crippen molar-refractivity contribution in [3.8, 4) is 0 Å². The zero-order valence-corrected chi connectivity index (χ0v) is 14.9. The Balaban J connectivity index is 4.43. The monoisotopic (exact) mass is 365 g/mol. The number of alkyl halides is 3. The Bertz CT molecular complexity index is 343. The molecule has 0 saturated carbocycles. The van der Waals surface area contributed by atoms with Gasteiger partial charge in [0.05, 0.1) is 13.7 Å². The van der Waals surface area contributed by atoms with Crippen LogP contribution in [0.1, 0.15) is 0 Å². The van der Waals surface area contributed by atoms with Crippen molar-refractivity contribution < 1.29 is 23.5 Å². The van der Waals surface area contributed by atoms with Gasteiger partial charge in [-0.05, 0) is 19.6 Å². The highest BCUT2D eigenvalue weighted by Crippen LogP contribution is 2.25. The van der Waals surface area contributed by atoms with E-state index in [4.69, 9.17) is 39.2 Å². The Morgan fingerprint density at radius 2 is 1.80 bits per heavy atom. The Hall–Kier alpha value is -0.213. The second-order valence-electron chi connectivity index (χ2n) is 4.83. The summed E-state index contributed by atoms with van der Waals surface area (Å²) < 4.78 is 13.1. The number of rotatable bonds is 6. The van der Waals surface area contributed by atoms with Crippen molar-refractivity contribution in [1.29, 1.82) is 0 Å². The average molecular weight is 367 g/mol. The summed E-state index contributed by atoms with van der Waals surface area (Å²) in [6.07, 6.45) is -0.897. The van der Waals surface area contributed by atoms with E-state index in [1.165, 1.54) is 7.11 Å². The van der Waals surface area contributed by atoms with Gasteiger partial charge in [0.2, 0.25) is 3.79 Å². The summed E-state index contributed by atoms with van der Waals surface area (Å²) in [6, 6.07) is -0.977. The Morgan fingerprint density at radius 3 is 2.20 bits per heavy atom. The molecular weight excluding hydrogens is 349 g/mol. The number of esters is 1. The van der Waals surface area contributed by atoms with E-state index in [0.29, 0.717) is 0 Å². The first-order valence-corrected chi connectivity index (χ1v) is 10.2. The van der Waals surface area contributed by atoms with Crippen LogP contribution in [0.2, 0.25) is 19.6 Å². The zero-order chi connectivity index (χ0) is 16.0. The Kier molecular flexibility index (Phi) is 8.20. The topological polar surface area (TPSA) is 73.9 Å². The molecule has 0 aromatic rings. The molecule has 1 N–H and O–H groups in total. The molecule has 0 aliphatic carbocycles. The van der Waals surface area contributed by atoms with E-state index in [1.54, 1.807) is 0 Å². The molecule has 1 atom stereocenters. The van der Waals surface area contributed by atoms with Crippen molar-refractivity contribution in [2.24, 2.45) is 0 Å². The number of methoxy groups -OCH3 is 1. The molecule has 0 heterocycles. The summed E-state index contributed by atoms with van der Waals surface area (Å²) in [6.45, 7) is 5.39. The summed E-state index contributed by atoms with van der Waals surface area (Å²) in [5, 5.41) is 2.30. The Morgan fingerprint density at radius 1 is 1.25 bits per heavy atom. The molecule has 0 rings (SSSR count). The van der Waals surface area contributed by atoms with Gasteiger partial charge in [0.1, 0.15) is 6.61 Å². The lowest BCUT2D eigenvalue weighted by atomic mass is 10.3. The molecule has 20 heavy (non-hydrogen) atoms. The number of carbonyl (C=O) groups excluding carboxylic acids is 2. The van der Waals surface area contributed by atoms with Crippen molar-refractivity contribution in [2.75, 3.05) is 20.3 Å². The molecule has 0 saturated heterocycles. The largest absolute Gasteiger partial charge is 0.467 e. The normalized spacial score (nSPS) is 13.6. The molecule has 0 aliphatic rings. The molecule has 0 unspecified atom stereocenters. The standard InChI is InChI=1S/C10H18Cl3NO5Si/c1-17-8(15)7(5-19-20(2,3)4)14-9(16)18-6-10(11,12)13/h7H,5-6H2,1-4H3,(H,14,16)/t7-/m0/s1. The first-order valence-electron chi connectivity index (χ1n) is 5.66. The van der Waals surface area contributed by atoms with Gasteiger partial charge >= 0.3 is 12.1 Å². The first kappa shape index (κ1) is 19.8. The van der Waals surface area contributed by atoms with Crippen LogP contribution < -0.4 is 5.32 Å². The highest BCUT2D eigenvalue weighted by molar-refractivity contribution is 6.69. The molecule has 10 heteroatoms. The smallest absolute Gasteiger partial charge is 0.408 e. The number of amides is 1. The Labute approximate surface area is 134 Å². The van der Waals surface area contributed by atoms with Gasteiger partial charge in [-0.15, -0.1) is 0 Å². The lowest BCUT2D eigenvalue weighted by molar-refractivity contribution is -0.143. The minimum atomic E-state index is -1.84. The van der Waals surface area contributed by atoms with Crippen LogP contribution in [0.5, 0.6) is 0 Å². The van der Waals surface area contributed by atoms with Crippen LogP contribution in [0.3, 0.4) is 0 Å². The second-order valence-corrected chi connectivity index (χ2v) is 11.9. The predicted molar refractivity (Wildman–Crippen MR) is 79.9 cm³/mol. The third kappa shape index (κ3) is 10.6. The fourth-order valence-corrected chi connectivity index (χ4v) is 1.81. The van der Waals surface area contributed by atoms with E-state index in [9.17, 15) is 9.59 Å². The third-order valence-corrected chi connectivity index (χ3v) is 3.19. The molecular formula is C10H18Cl3NO5Si. The van der Waals surface area contributed by atoms with Crippen molar-refractivity contribution in [1.82, 2.24) is 5.32 Å². The molecule has 0 aromatic carbocycles. The number of hydrogen-bond donors (Lipinski definition) is 1. The summed E-state index contributed by atoms with van der Waals surface area (Å²) in [5.74, 6) is -0.644. The summed E-state index contributed by atoms with van der Waals surface area (Å²) >= 11 is 16.3. The summed E-state index contributed by atoms with van der Waals surface area (Å²) in [7, 11) is -0.635. The molecule has 0 spiro atoms. The van der Waals surface area contributed by atoms with Crippen LogP contribution in [-0.4, -0.2) is 50.5 Å². The van der Waals surface area contributed by atoms with Gasteiger partial charge in [0, 0.05) is 0 Å². The third-order valence-electron chi connectivity index (χ3n) is 1.83. The van der Waals surface area contributed by atoms with Crippen LogP contribution >= 0.6 is 34.8 Å². The number of halogens is 3. The lowest BCUT2D eigenvalue weighted by Crippen LogP contribution is -2.47. The number of ether oxygens (including phenoxy) is 2. The van der Waals surface area contributed by atoms with E-state index in [2.05, 4.69) is 14.8 Å². The predicted octanol–water partition coefficient (Wildman–Crippen LogP) is 2.48. The van der Waals surface area contributed by atoms with Crippen molar-refractivity contribution >= 4 is 55.2 Å². The maximum absolute atomic E-state index is 11.5. The van der Waals surface area contributed by atoms with E-state index >= 15 is 0 Å². The van der Waals surface area contributed by atoms with Crippen LogP contribution in [0.4, 0.5) is 4.79 Å².